The zero-order valence-electron chi connectivity index (χ0n) is 12.5. The van der Waals surface area contributed by atoms with E-state index in [2.05, 4.69) is 5.32 Å². The maximum Gasteiger partial charge on any atom is 0.325 e. The molecule has 6 nitrogen and oxygen atoms in total. The van der Waals surface area contributed by atoms with Crippen molar-refractivity contribution in [2.45, 2.75) is 25.3 Å². The molecule has 3 rings (SSSR count). The number of nitrogens with zero attached hydrogens (tertiary/aromatic N) is 2. The summed E-state index contributed by atoms with van der Waals surface area (Å²) < 4.78 is 0. The number of imide groups is 1. The fourth-order valence-electron chi connectivity index (χ4n) is 3.01. The molecule has 0 aliphatic carbocycles. The third-order valence-corrected chi connectivity index (χ3v) is 4.38. The summed E-state index contributed by atoms with van der Waals surface area (Å²) in [6.45, 7) is 2.90. The van der Waals surface area contributed by atoms with Gasteiger partial charge in [0.2, 0.25) is 5.91 Å². The normalized spacial score (nSPS) is 24.8. The molecule has 2 heterocycles. The molecular formula is C16H19N3O3. The first kappa shape index (κ1) is 14.6. The van der Waals surface area contributed by atoms with Crippen LogP contribution in [0.15, 0.2) is 30.3 Å². The van der Waals surface area contributed by atoms with Gasteiger partial charge in [-0.05, 0) is 25.3 Å². The molecule has 0 spiro atoms. The number of likely N-dealkylation sites (tertiary alicyclic amines) is 1. The molecule has 0 radical (unpaired) electrons. The van der Waals surface area contributed by atoms with Crippen molar-refractivity contribution < 1.29 is 14.4 Å². The van der Waals surface area contributed by atoms with Crippen molar-refractivity contribution in [3.8, 4) is 0 Å². The Bertz CT molecular complexity index is 610. The number of nitrogens with one attached hydrogen (secondary N) is 1. The number of rotatable bonds is 3. The van der Waals surface area contributed by atoms with Gasteiger partial charge in [-0.15, -0.1) is 0 Å². The number of carbonyl (C=O) groups excluding carboxylic acids is 3. The number of hydrogen-bond acceptors (Lipinski definition) is 3. The third kappa shape index (κ3) is 2.34. The molecular weight excluding hydrogens is 282 g/mol. The van der Waals surface area contributed by atoms with E-state index in [1.165, 1.54) is 0 Å². The Kier molecular flexibility index (Phi) is 3.60. The quantitative estimate of drug-likeness (QED) is 0.849. The lowest BCUT2D eigenvalue weighted by molar-refractivity contribution is -0.138. The van der Waals surface area contributed by atoms with Crippen LogP contribution in [0.1, 0.15) is 25.3 Å². The Morgan fingerprint density at radius 2 is 1.82 bits per heavy atom. The van der Waals surface area contributed by atoms with E-state index < -0.39 is 11.6 Å². The second-order valence-corrected chi connectivity index (χ2v) is 5.90. The molecule has 2 saturated heterocycles. The number of carbonyl (C=O) groups is 3. The molecule has 0 aromatic heterocycles. The summed E-state index contributed by atoms with van der Waals surface area (Å²) in [6.07, 6.45) is 1.96. The first-order chi connectivity index (χ1) is 10.5. The lowest BCUT2D eigenvalue weighted by Gasteiger charge is -2.23. The van der Waals surface area contributed by atoms with E-state index in [9.17, 15) is 14.4 Å². The van der Waals surface area contributed by atoms with E-state index in [4.69, 9.17) is 0 Å². The van der Waals surface area contributed by atoms with Crippen LogP contribution in [0.5, 0.6) is 0 Å². The predicted octanol–water partition coefficient (Wildman–Crippen LogP) is 1.08. The molecule has 2 aliphatic rings. The van der Waals surface area contributed by atoms with Gasteiger partial charge in [-0.25, -0.2) is 4.79 Å². The highest BCUT2D eigenvalue weighted by Crippen LogP contribution is 2.28. The zero-order valence-corrected chi connectivity index (χ0v) is 12.5. The first-order valence-corrected chi connectivity index (χ1v) is 7.50. The highest BCUT2D eigenvalue weighted by Gasteiger charge is 2.49. The summed E-state index contributed by atoms with van der Waals surface area (Å²) in [7, 11) is 0. The number of hydrogen-bond donors (Lipinski definition) is 1. The summed E-state index contributed by atoms with van der Waals surface area (Å²) in [4.78, 5) is 39.7. The molecule has 0 saturated carbocycles. The number of amides is 4. The summed E-state index contributed by atoms with van der Waals surface area (Å²) in [5.74, 6) is -0.547. The van der Waals surface area contributed by atoms with Crippen molar-refractivity contribution >= 4 is 17.8 Å². The van der Waals surface area contributed by atoms with Gasteiger partial charge in [-0.2, -0.15) is 0 Å². The van der Waals surface area contributed by atoms with Gasteiger partial charge in [-0.1, -0.05) is 30.3 Å². The summed E-state index contributed by atoms with van der Waals surface area (Å²) in [5, 5.41) is 2.71. The van der Waals surface area contributed by atoms with Crippen molar-refractivity contribution in [2.24, 2.45) is 0 Å². The Labute approximate surface area is 129 Å². The maximum absolute atomic E-state index is 12.7. The van der Waals surface area contributed by atoms with Gasteiger partial charge in [0, 0.05) is 13.1 Å². The molecule has 1 aromatic rings. The van der Waals surface area contributed by atoms with Crippen LogP contribution in [-0.4, -0.2) is 47.3 Å². The molecule has 1 atom stereocenters. The second kappa shape index (κ2) is 5.44. The third-order valence-electron chi connectivity index (χ3n) is 4.38. The van der Waals surface area contributed by atoms with Gasteiger partial charge in [0.05, 0.1) is 0 Å². The van der Waals surface area contributed by atoms with E-state index in [1.807, 2.05) is 18.2 Å². The molecule has 116 valence electrons. The average molecular weight is 301 g/mol. The van der Waals surface area contributed by atoms with Crippen molar-refractivity contribution in [2.75, 3.05) is 19.6 Å². The van der Waals surface area contributed by atoms with Crippen LogP contribution in [-0.2, 0) is 15.1 Å². The monoisotopic (exact) mass is 301 g/mol. The number of benzene rings is 1. The highest BCUT2D eigenvalue weighted by molar-refractivity contribution is 6.09. The van der Waals surface area contributed by atoms with Crippen molar-refractivity contribution in [3.05, 3.63) is 35.9 Å². The zero-order chi connectivity index (χ0) is 15.7. The molecule has 22 heavy (non-hydrogen) atoms. The molecule has 2 fully saturated rings. The lowest BCUT2D eigenvalue weighted by Crippen LogP contribution is -2.43. The van der Waals surface area contributed by atoms with Crippen LogP contribution < -0.4 is 5.32 Å². The topological polar surface area (TPSA) is 69.7 Å². The smallest absolute Gasteiger partial charge is 0.325 e. The van der Waals surface area contributed by atoms with Gasteiger partial charge in [0.25, 0.3) is 5.91 Å². The van der Waals surface area contributed by atoms with Crippen molar-refractivity contribution in [3.63, 3.8) is 0 Å². The molecule has 1 N–H and O–H groups in total. The molecule has 2 aliphatic heterocycles. The minimum absolute atomic E-state index is 0.168. The van der Waals surface area contributed by atoms with Crippen molar-refractivity contribution in [1.82, 2.24) is 15.1 Å². The van der Waals surface area contributed by atoms with Crippen LogP contribution in [0.3, 0.4) is 0 Å². The fourth-order valence-corrected chi connectivity index (χ4v) is 3.01. The van der Waals surface area contributed by atoms with Gasteiger partial charge in [0.15, 0.2) is 0 Å². The molecule has 0 bridgehead atoms. The highest BCUT2D eigenvalue weighted by atomic mass is 16.2. The van der Waals surface area contributed by atoms with E-state index >= 15 is 0 Å². The first-order valence-electron chi connectivity index (χ1n) is 7.50. The maximum atomic E-state index is 12.7. The Balaban J connectivity index is 1.78. The van der Waals surface area contributed by atoms with Crippen LogP contribution >= 0.6 is 0 Å². The second-order valence-electron chi connectivity index (χ2n) is 5.90. The lowest BCUT2D eigenvalue weighted by atomic mass is 9.92. The van der Waals surface area contributed by atoms with E-state index in [-0.39, 0.29) is 18.4 Å². The average Bonchev–Trinajstić information content (AvgIpc) is 3.12. The van der Waals surface area contributed by atoms with E-state index in [1.54, 1.807) is 24.0 Å². The Hall–Kier alpha value is -2.37. The Morgan fingerprint density at radius 3 is 2.45 bits per heavy atom. The van der Waals surface area contributed by atoms with Gasteiger partial charge >= 0.3 is 6.03 Å². The van der Waals surface area contributed by atoms with Gasteiger partial charge in [-0.3, -0.25) is 14.5 Å². The molecule has 6 heteroatoms. The minimum Gasteiger partial charge on any atom is -0.341 e. The summed E-state index contributed by atoms with van der Waals surface area (Å²) in [5.41, 5.74) is -0.395. The molecule has 4 amide bonds. The van der Waals surface area contributed by atoms with Crippen LogP contribution in [0.25, 0.3) is 0 Å². The van der Waals surface area contributed by atoms with Crippen LogP contribution in [0.4, 0.5) is 4.79 Å². The standard InChI is InChI=1S/C16H19N3O3/c1-16(12-7-3-2-4-8-12)14(21)19(15(22)17-16)11-13(20)18-9-5-6-10-18/h2-4,7-8H,5-6,9-11H2,1H3,(H,17,22)/t16-/m0/s1. The summed E-state index contributed by atoms with van der Waals surface area (Å²) >= 11 is 0. The number of urea groups is 1. The Morgan fingerprint density at radius 1 is 1.18 bits per heavy atom. The minimum atomic E-state index is -1.11. The SMILES string of the molecule is C[C@@]1(c2ccccc2)NC(=O)N(CC(=O)N2CCCC2)C1=O. The van der Waals surface area contributed by atoms with Crippen LogP contribution in [0.2, 0.25) is 0 Å². The largest absolute Gasteiger partial charge is 0.341 e. The molecule has 0 unspecified atom stereocenters. The summed E-state index contributed by atoms with van der Waals surface area (Å²) in [6, 6.07) is 8.57. The molecule has 1 aromatic carbocycles. The van der Waals surface area contributed by atoms with Gasteiger partial charge < -0.3 is 10.2 Å². The fraction of sp³-hybridized carbons (Fsp3) is 0.438. The van der Waals surface area contributed by atoms with Gasteiger partial charge in [0.1, 0.15) is 12.1 Å². The van der Waals surface area contributed by atoms with E-state index in [0.29, 0.717) is 18.7 Å². The predicted molar refractivity (Wildman–Crippen MR) is 79.9 cm³/mol. The van der Waals surface area contributed by atoms with Crippen LogP contribution in [0, 0.1) is 0 Å². The van der Waals surface area contributed by atoms with Crippen molar-refractivity contribution in [1.29, 1.82) is 0 Å². The van der Waals surface area contributed by atoms with E-state index in [0.717, 1.165) is 17.7 Å².